The monoisotopic (exact) mass is 252 g/mol. The number of fused-ring (bicyclic) bond motifs is 1. The highest BCUT2D eigenvalue weighted by Gasteiger charge is 2.46. The zero-order valence-electron chi connectivity index (χ0n) is 9.69. The summed E-state index contributed by atoms with van der Waals surface area (Å²) in [5.74, 6) is 0.581. The molecule has 3 atom stereocenters. The lowest BCUT2D eigenvalue weighted by atomic mass is 9.90. The molecule has 2 aliphatic rings. The Labute approximate surface area is 106 Å². The third-order valence-electron chi connectivity index (χ3n) is 4.16. The van der Waals surface area contributed by atoms with Crippen molar-refractivity contribution in [2.45, 2.75) is 37.3 Å². The molecule has 2 fully saturated rings. The molecule has 0 aromatic carbocycles. The van der Waals surface area contributed by atoms with E-state index in [0.717, 1.165) is 24.9 Å². The van der Waals surface area contributed by atoms with Crippen LogP contribution in [0.15, 0.2) is 18.5 Å². The van der Waals surface area contributed by atoms with E-state index in [1.807, 2.05) is 6.07 Å². The van der Waals surface area contributed by atoms with Gasteiger partial charge in [-0.25, -0.2) is 0 Å². The summed E-state index contributed by atoms with van der Waals surface area (Å²) < 4.78 is 0. The third-order valence-corrected chi connectivity index (χ3v) is 4.46. The van der Waals surface area contributed by atoms with Gasteiger partial charge in [0.25, 0.3) is 0 Å². The van der Waals surface area contributed by atoms with Crippen LogP contribution in [0.25, 0.3) is 0 Å². The predicted octanol–water partition coefficient (Wildman–Crippen LogP) is 2.08. The molecule has 4 heteroatoms. The number of aromatic nitrogens is 1. The van der Waals surface area contributed by atoms with Crippen molar-refractivity contribution in [2.75, 3.05) is 6.54 Å². The molecule has 3 nitrogen and oxygen atoms in total. The standard InChI is InChI=1S/C13H17ClN2O/c14-11-8-15-5-3-10(11)13(17)6-9-2-1-4-16-12(9)7-13/h3,5,8-9,12,16-17H,1-2,4,6-7H2. The van der Waals surface area contributed by atoms with E-state index < -0.39 is 5.60 Å². The van der Waals surface area contributed by atoms with Gasteiger partial charge in [0.15, 0.2) is 0 Å². The number of piperidine rings is 1. The number of nitrogens with zero attached hydrogens (tertiary/aromatic N) is 1. The highest BCUT2D eigenvalue weighted by Crippen LogP contribution is 2.46. The van der Waals surface area contributed by atoms with E-state index in [4.69, 9.17) is 11.6 Å². The molecule has 1 aromatic heterocycles. The Morgan fingerprint density at radius 1 is 1.47 bits per heavy atom. The lowest BCUT2D eigenvalue weighted by molar-refractivity contribution is 0.0389. The second-order valence-electron chi connectivity index (χ2n) is 5.26. The minimum Gasteiger partial charge on any atom is -0.385 e. The maximum absolute atomic E-state index is 10.8. The zero-order valence-corrected chi connectivity index (χ0v) is 10.5. The molecular weight excluding hydrogens is 236 g/mol. The molecule has 1 aliphatic carbocycles. The van der Waals surface area contributed by atoms with Crippen LogP contribution in [0.5, 0.6) is 0 Å². The maximum Gasteiger partial charge on any atom is 0.0930 e. The first-order chi connectivity index (χ1) is 8.19. The summed E-state index contributed by atoms with van der Waals surface area (Å²) in [5, 5.41) is 14.9. The molecule has 92 valence electrons. The summed E-state index contributed by atoms with van der Waals surface area (Å²) >= 11 is 6.15. The van der Waals surface area contributed by atoms with Gasteiger partial charge in [0, 0.05) is 24.0 Å². The Bertz CT molecular complexity index is 410. The van der Waals surface area contributed by atoms with Crippen molar-refractivity contribution in [3.05, 3.63) is 29.0 Å². The normalized spacial score (nSPS) is 36.8. The van der Waals surface area contributed by atoms with Gasteiger partial charge in [-0.05, 0) is 44.2 Å². The van der Waals surface area contributed by atoms with Gasteiger partial charge in [-0.1, -0.05) is 11.6 Å². The maximum atomic E-state index is 10.8. The van der Waals surface area contributed by atoms with Gasteiger partial charge in [-0.3, -0.25) is 4.98 Å². The number of rotatable bonds is 1. The number of halogens is 1. The molecule has 3 rings (SSSR count). The topological polar surface area (TPSA) is 45.2 Å². The van der Waals surface area contributed by atoms with E-state index >= 15 is 0 Å². The number of nitrogens with one attached hydrogen (secondary N) is 1. The molecule has 1 aliphatic heterocycles. The zero-order chi connectivity index (χ0) is 11.9. The van der Waals surface area contributed by atoms with Gasteiger partial charge in [-0.2, -0.15) is 0 Å². The molecule has 2 N–H and O–H groups in total. The van der Waals surface area contributed by atoms with Gasteiger partial charge < -0.3 is 10.4 Å². The molecule has 17 heavy (non-hydrogen) atoms. The highest BCUT2D eigenvalue weighted by atomic mass is 35.5. The predicted molar refractivity (Wildman–Crippen MR) is 66.9 cm³/mol. The molecule has 2 heterocycles. The average Bonchev–Trinajstić information content (AvgIpc) is 2.66. The SMILES string of the molecule is OC1(c2ccncc2Cl)CC2CCCNC2C1. The molecular formula is C13H17ClN2O. The second-order valence-corrected chi connectivity index (χ2v) is 5.67. The van der Waals surface area contributed by atoms with Gasteiger partial charge >= 0.3 is 0 Å². The number of hydrogen-bond acceptors (Lipinski definition) is 3. The van der Waals surface area contributed by atoms with Gasteiger partial charge in [-0.15, -0.1) is 0 Å². The summed E-state index contributed by atoms with van der Waals surface area (Å²) in [6.45, 7) is 1.07. The smallest absolute Gasteiger partial charge is 0.0930 e. The van der Waals surface area contributed by atoms with Crippen LogP contribution in [0, 0.1) is 5.92 Å². The Morgan fingerprint density at radius 3 is 3.12 bits per heavy atom. The molecule has 1 saturated heterocycles. The van der Waals surface area contributed by atoms with Crippen molar-refractivity contribution in [3.8, 4) is 0 Å². The summed E-state index contributed by atoms with van der Waals surface area (Å²) in [6.07, 6.45) is 7.32. The summed E-state index contributed by atoms with van der Waals surface area (Å²) in [4.78, 5) is 3.98. The molecule has 0 radical (unpaired) electrons. The number of aliphatic hydroxyl groups is 1. The number of hydrogen-bond donors (Lipinski definition) is 2. The van der Waals surface area contributed by atoms with Crippen LogP contribution < -0.4 is 5.32 Å². The van der Waals surface area contributed by atoms with E-state index in [-0.39, 0.29) is 0 Å². The molecule has 0 spiro atoms. The highest BCUT2D eigenvalue weighted by molar-refractivity contribution is 6.31. The second kappa shape index (κ2) is 4.23. The third kappa shape index (κ3) is 1.96. The Hall–Kier alpha value is -0.640. The van der Waals surface area contributed by atoms with E-state index in [0.29, 0.717) is 17.0 Å². The van der Waals surface area contributed by atoms with Crippen molar-refractivity contribution < 1.29 is 5.11 Å². The van der Waals surface area contributed by atoms with Crippen molar-refractivity contribution in [3.63, 3.8) is 0 Å². The van der Waals surface area contributed by atoms with E-state index in [1.165, 1.54) is 12.8 Å². The Morgan fingerprint density at radius 2 is 2.35 bits per heavy atom. The minimum atomic E-state index is -0.771. The fraction of sp³-hybridized carbons (Fsp3) is 0.615. The summed E-state index contributed by atoms with van der Waals surface area (Å²) in [6, 6.07) is 2.29. The minimum absolute atomic E-state index is 0.443. The molecule has 1 saturated carbocycles. The van der Waals surface area contributed by atoms with Crippen molar-refractivity contribution in [1.29, 1.82) is 0 Å². The summed E-state index contributed by atoms with van der Waals surface area (Å²) in [7, 11) is 0. The van der Waals surface area contributed by atoms with Crippen LogP contribution in [0.4, 0.5) is 0 Å². The largest absolute Gasteiger partial charge is 0.385 e. The van der Waals surface area contributed by atoms with Crippen molar-refractivity contribution >= 4 is 11.6 Å². The lowest BCUT2D eigenvalue weighted by Crippen LogP contribution is -2.38. The fourth-order valence-corrected chi connectivity index (χ4v) is 3.65. The summed E-state index contributed by atoms with van der Waals surface area (Å²) in [5.41, 5.74) is 0.0672. The number of pyridine rings is 1. The Kier molecular flexibility index (Phi) is 2.85. The molecule has 1 aromatic rings. The van der Waals surface area contributed by atoms with Gasteiger partial charge in [0.05, 0.1) is 10.6 Å². The quantitative estimate of drug-likeness (QED) is 0.805. The average molecular weight is 253 g/mol. The molecule has 0 amide bonds. The van der Waals surface area contributed by atoms with Crippen LogP contribution in [0.3, 0.4) is 0 Å². The lowest BCUT2D eigenvalue weighted by Gasteiger charge is -2.25. The first-order valence-electron chi connectivity index (χ1n) is 6.25. The van der Waals surface area contributed by atoms with Crippen LogP contribution >= 0.6 is 11.6 Å². The first-order valence-corrected chi connectivity index (χ1v) is 6.63. The molecule has 3 unspecified atom stereocenters. The van der Waals surface area contributed by atoms with Crippen LogP contribution in [0.2, 0.25) is 5.02 Å². The van der Waals surface area contributed by atoms with Gasteiger partial charge in [0.1, 0.15) is 0 Å². The van der Waals surface area contributed by atoms with Crippen molar-refractivity contribution in [2.24, 2.45) is 5.92 Å². The Balaban J connectivity index is 1.90. The van der Waals surface area contributed by atoms with E-state index in [2.05, 4.69) is 10.3 Å². The van der Waals surface area contributed by atoms with E-state index in [1.54, 1.807) is 12.4 Å². The van der Waals surface area contributed by atoms with Gasteiger partial charge in [0.2, 0.25) is 0 Å². The van der Waals surface area contributed by atoms with Crippen molar-refractivity contribution in [1.82, 2.24) is 10.3 Å². The van der Waals surface area contributed by atoms with E-state index in [9.17, 15) is 5.11 Å². The van der Waals surface area contributed by atoms with Crippen LogP contribution in [-0.4, -0.2) is 22.7 Å². The fourth-order valence-electron chi connectivity index (χ4n) is 3.36. The van der Waals surface area contributed by atoms with Crippen LogP contribution in [-0.2, 0) is 5.60 Å². The van der Waals surface area contributed by atoms with Crippen LogP contribution in [0.1, 0.15) is 31.2 Å². The molecule has 0 bridgehead atoms. The first kappa shape index (κ1) is 11.5.